The maximum absolute atomic E-state index is 5.78. The van der Waals surface area contributed by atoms with Crippen LogP contribution in [0.1, 0.15) is 26.7 Å². The number of likely N-dealkylation sites (tertiary alicyclic amines) is 1. The van der Waals surface area contributed by atoms with E-state index in [4.69, 9.17) is 4.74 Å². The molecule has 0 aliphatic carbocycles. The zero-order valence-corrected chi connectivity index (χ0v) is 9.05. The van der Waals surface area contributed by atoms with Crippen molar-refractivity contribution in [3.8, 4) is 0 Å². The van der Waals surface area contributed by atoms with Crippen LogP contribution in [0.3, 0.4) is 0 Å². The highest BCUT2D eigenvalue weighted by atomic mass is 16.5. The topological polar surface area (TPSA) is 12.5 Å². The van der Waals surface area contributed by atoms with Crippen LogP contribution in [0.4, 0.5) is 0 Å². The molecule has 0 N–H and O–H groups in total. The van der Waals surface area contributed by atoms with E-state index in [0.29, 0.717) is 11.5 Å². The molecule has 2 nitrogen and oxygen atoms in total. The van der Waals surface area contributed by atoms with Gasteiger partial charge >= 0.3 is 0 Å². The second kappa shape index (κ2) is 3.25. The van der Waals surface area contributed by atoms with E-state index in [2.05, 4.69) is 25.8 Å². The highest BCUT2D eigenvalue weighted by Crippen LogP contribution is 2.45. The number of rotatable bonds is 0. The molecular formula is C11H21NO. The van der Waals surface area contributed by atoms with Crippen LogP contribution in [0.2, 0.25) is 0 Å². The highest BCUT2D eigenvalue weighted by molar-refractivity contribution is 4.95. The molecule has 0 amide bonds. The monoisotopic (exact) mass is 183 g/mol. The van der Waals surface area contributed by atoms with E-state index < -0.39 is 0 Å². The van der Waals surface area contributed by atoms with Gasteiger partial charge in [0.05, 0.1) is 12.7 Å². The van der Waals surface area contributed by atoms with Gasteiger partial charge in [0.15, 0.2) is 0 Å². The fourth-order valence-electron chi connectivity index (χ4n) is 2.73. The van der Waals surface area contributed by atoms with E-state index in [1.54, 1.807) is 0 Å². The molecule has 0 saturated carbocycles. The summed E-state index contributed by atoms with van der Waals surface area (Å²) in [5.74, 6) is 0.751. The van der Waals surface area contributed by atoms with Crippen LogP contribution in [0, 0.1) is 11.3 Å². The lowest BCUT2D eigenvalue weighted by molar-refractivity contribution is 0.0733. The molecule has 13 heavy (non-hydrogen) atoms. The van der Waals surface area contributed by atoms with Crippen molar-refractivity contribution in [1.29, 1.82) is 0 Å². The van der Waals surface area contributed by atoms with Crippen molar-refractivity contribution in [3.05, 3.63) is 0 Å². The standard InChI is InChI=1S/C11H21NO/c1-9-10(2)13-8-11(9)4-6-12(3)7-5-11/h9-10H,4-8H2,1-3H3. The Hall–Kier alpha value is -0.0800. The smallest absolute Gasteiger partial charge is 0.0578 e. The van der Waals surface area contributed by atoms with Gasteiger partial charge in [0.25, 0.3) is 0 Å². The highest BCUT2D eigenvalue weighted by Gasteiger charge is 2.46. The maximum atomic E-state index is 5.78. The molecule has 2 heterocycles. The third-order valence-corrected chi connectivity index (χ3v) is 4.29. The fraction of sp³-hybridized carbons (Fsp3) is 1.00. The lowest BCUT2D eigenvalue weighted by Crippen LogP contribution is -2.42. The van der Waals surface area contributed by atoms with E-state index in [-0.39, 0.29) is 0 Å². The van der Waals surface area contributed by atoms with E-state index in [0.717, 1.165) is 12.5 Å². The molecule has 0 bridgehead atoms. The average molecular weight is 183 g/mol. The van der Waals surface area contributed by atoms with Crippen molar-refractivity contribution >= 4 is 0 Å². The van der Waals surface area contributed by atoms with Crippen molar-refractivity contribution in [1.82, 2.24) is 4.90 Å². The molecule has 2 saturated heterocycles. The number of ether oxygens (including phenoxy) is 1. The Morgan fingerprint density at radius 1 is 1.23 bits per heavy atom. The molecule has 2 aliphatic rings. The van der Waals surface area contributed by atoms with Crippen LogP contribution >= 0.6 is 0 Å². The molecule has 0 aromatic heterocycles. The van der Waals surface area contributed by atoms with Gasteiger partial charge in [0.1, 0.15) is 0 Å². The predicted octanol–water partition coefficient (Wildman–Crippen LogP) is 1.75. The summed E-state index contributed by atoms with van der Waals surface area (Å²) in [5.41, 5.74) is 0.520. The van der Waals surface area contributed by atoms with Gasteiger partial charge in [-0.2, -0.15) is 0 Å². The molecule has 0 radical (unpaired) electrons. The SMILES string of the molecule is CC1OCC2(CCN(C)CC2)C1C. The third-order valence-electron chi connectivity index (χ3n) is 4.29. The van der Waals surface area contributed by atoms with Gasteiger partial charge in [-0.25, -0.2) is 0 Å². The number of piperidine rings is 1. The van der Waals surface area contributed by atoms with E-state index in [1.807, 2.05) is 0 Å². The van der Waals surface area contributed by atoms with Crippen molar-refractivity contribution in [2.45, 2.75) is 32.8 Å². The first-order chi connectivity index (χ1) is 6.14. The molecule has 76 valence electrons. The molecule has 0 aromatic carbocycles. The lowest BCUT2D eigenvalue weighted by atomic mass is 9.70. The molecule has 2 unspecified atom stereocenters. The Kier molecular flexibility index (Phi) is 2.37. The van der Waals surface area contributed by atoms with E-state index in [1.165, 1.54) is 25.9 Å². The van der Waals surface area contributed by atoms with E-state index in [9.17, 15) is 0 Å². The summed E-state index contributed by atoms with van der Waals surface area (Å²) in [6, 6.07) is 0. The van der Waals surface area contributed by atoms with Gasteiger partial charge in [0, 0.05) is 5.41 Å². The Labute approximate surface area is 81.3 Å². The summed E-state index contributed by atoms with van der Waals surface area (Å²) >= 11 is 0. The van der Waals surface area contributed by atoms with Crippen LogP contribution in [0.15, 0.2) is 0 Å². The molecule has 0 aromatic rings. The minimum absolute atomic E-state index is 0.475. The second-order valence-electron chi connectivity index (χ2n) is 4.97. The van der Waals surface area contributed by atoms with Crippen molar-refractivity contribution in [3.63, 3.8) is 0 Å². The minimum atomic E-state index is 0.475. The molecule has 2 aliphatic heterocycles. The maximum Gasteiger partial charge on any atom is 0.0578 e. The lowest BCUT2D eigenvalue weighted by Gasteiger charge is -2.40. The van der Waals surface area contributed by atoms with Gasteiger partial charge in [0.2, 0.25) is 0 Å². The molecule has 2 atom stereocenters. The molecule has 2 heteroatoms. The van der Waals surface area contributed by atoms with Gasteiger partial charge in [-0.15, -0.1) is 0 Å². The summed E-state index contributed by atoms with van der Waals surface area (Å²) < 4.78 is 5.78. The first-order valence-corrected chi connectivity index (χ1v) is 5.44. The molecular weight excluding hydrogens is 162 g/mol. The summed E-state index contributed by atoms with van der Waals surface area (Å²) in [7, 11) is 2.22. The summed E-state index contributed by atoms with van der Waals surface area (Å²) in [6.07, 6.45) is 3.13. The average Bonchev–Trinajstić information content (AvgIpc) is 2.40. The zero-order valence-electron chi connectivity index (χ0n) is 9.05. The van der Waals surface area contributed by atoms with Gasteiger partial charge < -0.3 is 9.64 Å². The molecule has 2 fully saturated rings. The molecule has 1 spiro atoms. The van der Waals surface area contributed by atoms with Crippen molar-refractivity contribution in [2.24, 2.45) is 11.3 Å². The second-order valence-corrected chi connectivity index (χ2v) is 4.97. The Morgan fingerprint density at radius 3 is 2.31 bits per heavy atom. The minimum Gasteiger partial charge on any atom is -0.378 e. The zero-order chi connectivity index (χ0) is 9.47. The van der Waals surface area contributed by atoms with Crippen molar-refractivity contribution < 1.29 is 4.74 Å². The summed E-state index contributed by atoms with van der Waals surface area (Å²) in [5, 5.41) is 0. The van der Waals surface area contributed by atoms with Crippen LogP contribution < -0.4 is 0 Å². The Bertz CT molecular complexity index is 185. The number of hydrogen-bond donors (Lipinski definition) is 0. The Morgan fingerprint density at radius 2 is 1.85 bits per heavy atom. The summed E-state index contributed by atoms with van der Waals surface area (Å²) in [6.45, 7) is 8.09. The first kappa shape index (κ1) is 9.47. The van der Waals surface area contributed by atoms with Gasteiger partial charge in [-0.05, 0) is 45.8 Å². The number of nitrogens with zero attached hydrogens (tertiary/aromatic N) is 1. The normalized spacial score (nSPS) is 39.9. The van der Waals surface area contributed by atoms with E-state index >= 15 is 0 Å². The summed E-state index contributed by atoms with van der Waals surface area (Å²) in [4.78, 5) is 2.43. The van der Waals surface area contributed by atoms with Gasteiger partial charge in [-0.1, -0.05) is 6.92 Å². The van der Waals surface area contributed by atoms with Crippen LogP contribution in [0.25, 0.3) is 0 Å². The van der Waals surface area contributed by atoms with Gasteiger partial charge in [-0.3, -0.25) is 0 Å². The largest absolute Gasteiger partial charge is 0.378 e. The molecule has 2 rings (SSSR count). The fourth-order valence-corrected chi connectivity index (χ4v) is 2.73. The quantitative estimate of drug-likeness (QED) is 0.567. The Balaban J connectivity index is 2.05. The van der Waals surface area contributed by atoms with Crippen molar-refractivity contribution in [2.75, 3.05) is 26.7 Å². The third kappa shape index (κ3) is 1.50. The van der Waals surface area contributed by atoms with Crippen LogP contribution in [-0.4, -0.2) is 37.7 Å². The first-order valence-electron chi connectivity index (χ1n) is 5.44. The van der Waals surface area contributed by atoms with Crippen LogP contribution in [-0.2, 0) is 4.74 Å². The van der Waals surface area contributed by atoms with Crippen LogP contribution in [0.5, 0.6) is 0 Å². The predicted molar refractivity (Wildman–Crippen MR) is 53.7 cm³/mol. The number of hydrogen-bond acceptors (Lipinski definition) is 2.